The smallest absolute Gasteiger partial charge is 0.318 e. The Hall–Kier alpha value is -3.68. The van der Waals surface area contributed by atoms with Crippen LogP contribution < -0.4 is 20.3 Å². The molecule has 1 unspecified atom stereocenters. The van der Waals surface area contributed by atoms with Gasteiger partial charge in [-0.15, -0.1) is 0 Å². The fourth-order valence-corrected chi connectivity index (χ4v) is 6.47. The van der Waals surface area contributed by atoms with Crippen LogP contribution in [0.5, 0.6) is 6.01 Å². The molecule has 1 saturated carbocycles. The largest absolute Gasteiger partial charge is 0.461 e. The molecule has 0 amide bonds. The highest BCUT2D eigenvalue weighted by molar-refractivity contribution is 6.36. The number of allylic oxidation sites excluding steroid dienone is 1. The van der Waals surface area contributed by atoms with Crippen molar-refractivity contribution in [3.8, 4) is 12.1 Å². The molecule has 0 bridgehead atoms. The summed E-state index contributed by atoms with van der Waals surface area (Å²) in [5, 5.41) is 11.1. The molecule has 2 fully saturated rings. The summed E-state index contributed by atoms with van der Waals surface area (Å²) in [5.41, 5.74) is 8.76. The Morgan fingerprint density at radius 2 is 2.05 bits per heavy atom. The second-order valence-corrected chi connectivity index (χ2v) is 12.0. The number of hydrogen-bond donors (Lipinski definition) is 1. The molecule has 3 aliphatic rings. The van der Waals surface area contributed by atoms with Crippen LogP contribution in [0.25, 0.3) is 10.8 Å². The van der Waals surface area contributed by atoms with E-state index in [1.807, 2.05) is 23.1 Å². The minimum Gasteiger partial charge on any atom is -0.461 e. The number of nitrogens with two attached hydrogens (primary N) is 1. The van der Waals surface area contributed by atoms with Crippen LogP contribution in [0.3, 0.4) is 0 Å². The molecule has 0 radical (unpaired) electrons. The number of ether oxygens (including phenoxy) is 1. The van der Waals surface area contributed by atoms with E-state index in [2.05, 4.69) is 15.9 Å². The third-order valence-electron chi connectivity index (χ3n) is 8.61. The van der Waals surface area contributed by atoms with Gasteiger partial charge in [0.2, 0.25) is 0 Å². The second kappa shape index (κ2) is 11.5. The standard InChI is InChI=1S/C31H34ClF2N7O/c1-20(33)16-39-14-15-41(17-22(39)8-12-35)29-23-9-13-40(26-5-2-4-21-6-7-24(34)28(32)27(21)26)18-25(23)37-30(38-29)42-19-31(36)10-3-11-31/h2,4-7,16,22H,3,8-11,13-15,17-19,36H2,1H3. The van der Waals surface area contributed by atoms with Crippen LogP contribution in [0, 0.1) is 17.1 Å². The van der Waals surface area contributed by atoms with Gasteiger partial charge >= 0.3 is 6.01 Å². The molecule has 0 spiro atoms. The number of anilines is 2. The normalized spacial score (nSPS) is 20.2. The molecule has 6 rings (SSSR count). The number of aromatic nitrogens is 2. The first-order chi connectivity index (χ1) is 20.2. The molecule has 1 atom stereocenters. The molecule has 1 aliphatic carbocycles. The second-order valence-electron chi connectivity index (χ2n) is 11.6. The van der Waals surface area contributed by atoms with E-state index in [4.69, 9.17) is 32.0 Å². The molecular formula is C31H34ClF2N7O. The number of benzene rings is 2. The van der Waals surface area contributed by atoms with E-state index in [0.29, 0.717) is 51.1 Å². The lowest BCUT2D eigenvalue weighted by Crippen LogP contribution is -2.52. The van der Waals surface area contributed by atoms with Crippen molar-refractivity contribution in [2.24, 2.45) is 5.73 Å². The average molecular weight is 594 g/mol. The summed E-state index contributed by atoms with van der Waals surface area (Å²) in [6, 6.07) is 11.3. The minimum atomic E-state index is -0.454. The first kappa shape index (κ1) is 28.4. The fourth-order valence-electron chi connectivity index (χ4n) is 6.21. The van der Waals surface area contributed by atoms with Gasteiger partial charge in [0, 0.05) is 49.0 Å². The Labute approximate surface area is 249 Å². The van der Waals surface area contributed by atoms with Gasteiger partial charge < -0.3 is 25.2 Å². The SMILES string of the molecule is CC(F)=CN1CCN(c2nc(OCC3(N)CCC3)nc3c2CCN(c2cccc4ccc(F)c(Cl)c24)C3)CC1CC#N. The van der Waals surface area contributed by atoms with Crippen LogP contribution in [-0.4, -0.2) is 59.2 Å². The number of rotatable bonds is 7. The van der Waals surface area contributed by atoms with Gasteiger partial charge in [-0.05, 0) is 50.1 Å². The molecule has 2 aliphatic heterocycles. The number of halogens is 3. The van der Waals surface area contributed by atoms with Crippen LogP contribution in [0.1, 0.15) is 43.9 Å². The monoisotopic (exact) mass is 593 g/mol. The van der Waals surface area contributed by atoms with E-state index in [1.165, 1.54) is 19.2 Å². The molecule has 8 nitrogen and oxygen atoms in total. The summed E-state index contributed by atoms with van der Waals surface area (Å²) < 4.78 is 34.4. The molecular weight excluding hydrogens is 560 g/mol. The zero-order valence-corrected chi connectivity index (χ0v) is 24.4. The molecule has 11 heteroatoms. The lowest BCUT2D eigenvalue weighted by molar-refractivity contribution is 0.133. The zero-order valence-electron chi connectivity index (χ0n) is 23.6. The topological polar surface area (TPSA) is 94.5 Å². The van der Waals surface area contributed by atoms with E-state index >= 15 is 0 Å². The van der Waals surface area contributed by atoms with Gasteiger partial charge in [-0.25, -0.2) is 8.78 Å². The highest BCUT2D eigenvalue weighted by Gasteiger charge is 2.35. The van der Waals surface area contributed by atoms with Crippen LogP contribution in [0.15, 0.2) is 42.4 Å². The third kappa shape index (κ3) is 5.55. The molecule has 3 aromatic rings. The average Bonchev–Trinajstić information content (AvgIpc) is 2.97. The van der Waals surface area contributed by atoms with E-state index < -0.39 is 5.82 Å². The number of nitrogens with zero attached hydrogens (tertiary/aromatic N) is 6. The summed E-state index contributed by atoms with van der Waals surface area (Å²) in [6.07, 6.45) is 5.28. The number of piperazine rings is 1. The van der Waals surface area contributed by atoms with E-state index in [-0.39, 0.29) is 34.9 Å². The van der Waals surface area contributed by atoms with Crippen molar-refractivity contribution in [3.63, 3.8) is 0 Å². The molecule has 3 heterocycles. The first-order valence-corrected chi connectivity index (χ1v) is 14.8. The van der Waals surface area contributed by atoms with Crippen LogP contribution >= 0.6 is 11.6 Å². The highest BCUT2D eigenvalue weighted by atomic mass is 35.5. The van der Waals surface area contributed by atoms with Crippen LogP contribution in [-0.2, 0) is 13.0 Å². The van der Waals surface area contributed by atoms with Gasteiger partial charge in [0.1, 0.15) is 24.1 Å². The van der Waals surface area contributed by atoms with Gasteiger partial charge in [0.05, 0.1) is 41.3 Å². The first-order valence-electron chi connectivity index (χ1n) is 14.4. The Morgan fingerprint density at radius 3 is 2.79 bits per heavy atom. The van der Waals surface area contributed by atoms with Crippen molar-refractivity contribution in [2.75, 3.05) is 42.6 Å². The van der Waals surface area contributed by atoms with Gasteiger partial charge in [-0.2, -0.15) is 15.2 Å². The quantitative estimate of drug-likeness (QED) is 0.385. The molecule has 1 aromatic heterocycles. The predicted octanol–water partition coefficient (Wildman–Crippen LogP) is 5.48. The summed E-state index contributed by atoms with van der Waals surface area (Å²) in [4.78, 5) is 16.0. The van der Waals surface area contributed by atoms with Crippen LogP contribution in [0.4, 0.5) is 20.3 Å². The lowest BCUT2D eigenvalue weighted by Gasteiger charge is -2.42. The molecule has 1 saturated heterocycles. The summed E-state index contributed by atoms with van der Waals surface area (Å²) in [5.74, 6) is 0.0338. The predicted molar refractivity (Wildman–Crippen MR) is 160 cm³/mol. The highest BCUT2D eigenvalue weighted by Crippen LogP contribution is 2.38. The zero-order chi connectivity index (χ0) is 29.4. The molecule has 2 N–H and O–H groups in total. The Morgan fingerprint density at radius 1 is 1.21 bits per heavy atom. The van der Waals surface area contributed by atoms with E-state index in [0.717, 1.165) is 47.4 Å². The summed E-state index contributed by atoms with van der Waals surface area (Å²) in [7, 11) is 0. The molecule has 42 heavy (non-hydrogen) atoms. The lowest BCUT2D eigenvalue weighted by atomic mass is 9.78. The van der Waals surface area contributed by atoms with Crippen molar-refractivity contribution in [2.45, 2.75) is 57.2 Å². The van der Waals surface area contributed by atoms with Gasteiger partial charge in [0.25, 0.3) is 0 Å². The van der Waals surface area contributed by atoms with Crippen molar-refractivity contribution in [3.05, 3.63) is 64.5 Å². The third-order valence-corrected chi connectivity index (χ3v) is 8.98. The maximum Gasteiger partial charge on any atom is 0.318 e. The Kier molecular flexibility index (Phi) is 7.81. The van der Waals surface area contributed by atoms with Crippen LogP contribution in [0.2, 0.25) is 5.02 Å². The van der Waals surface area contributed by atoms with Gasteiger partial charge in [-0.1, -0.05) is 29.8 Å². The van der Waals surface area contributed by atoms with Gasteiger partial charge in [-0.3, -0.25) is 0 Å². The number of fused-ring (bicyclic) bond motifs is 2. The Balaban J connectivity index is 1.35. The maximum absolute atomic E-state index is 14.5. The Bertz CT molecular complexity index is 1570. The summed E-state index contributed by atoms with van der Waals surface area (Å²) in [6.45, 7) is 4.55. The van der Waals surface area contributed by atoms with E-state index in [1.54, 1.807) is 6.07 Å². The maximum atomic E-state index is 14.5. The molecule has 220 valence electrons. The van der Waals surface area contributed by atoms with Crippen molar-refractivity contribution < 1.29 is 13.5 Å². The minimum absolute atomic E-state index is 0.106. The molecule has 2 aromatic carbocycles. The number of hydrogen-bond acceptors (Lipinski definition) is 8. The fraction of sp³-hybridized carbons (Fsp3) is 0.452. The number of nitriles is 1. The van der Waals surface area contributed by atoms with Gasteiger partial charge in [0.15, 0.2) is 0 Å². The van der Waals surface area contributed by atoms with Crippen molar-refractivity contribution >= 4 is 33.9 Å². The van der Waals surface area contributed by atoms with Crippen molar-refractivity contribution in [1.29, 1.82) is 5.26 Å². The van der Waals surface area contributed by atoms with E-state index in [9.17, 15) is 14.0 Å². The van der Waals surface area contributed by atoms with Crippen molar-refractivity contribution in [1.82, 2.24) is 14.9 Å². The summed E-state index contributed by atoms with van der Waals surface area (Å²) >= 11 is 6.47.